The maximum Gasteiger partial charge on any atom is 0.178 e. The van der Waals surface area contributed by atoms with E-state index in [1.165, 1.54) is 32.1 Å². The summed E-state index contributed by atoms with van der Waals surface area (Å²) in [5, 5.41) is 5.09. The molecule has 90 valence electrons. The minimum atomic E-state index is 0.488. The number of nitrogens with two attached hydrogens (primary N) is 1. The average molecular weight is 251 g/mol. The molecule has 0 aromatic carbocycles. The lowest BCUT2D eigenvalue weighted by Crippen LogP contribution is -2.06. The van der Waals surface area contributed by atoms with Crippen LogP contribution in [0.4, 0.5) is 5.69 Å². The number of aromatic nitrogens is 3. The highest BCUT2D eigenvalue weighted by molar-refractivity contribution is 6.30. The van der Waals surface area contributed by atoms with Crippen LogP contribution in [0.2, 0.25) is 5.02 Å². The Kier molecular flexibility index (Phi) is 2.67. The van der Waals surface area contributed by atoms with Gasteiger partial charge in [-0.2, -0.15) is 5.10 Å². The Morgan fingerprint density at radius 1 is 1.29 bits per heavy atom. The van der Waals surface area contributed by atoms with Crippen LogP contribution in [0.5, 0.6) is 0 Å². The van der Waals surface area contributed by atoms with E-state index < -0.39 is 0 Å². The summed E-state index contributed by atoms with van der Waals surface area (Å²) in [5.41, 5.74) is 7.20. The molecule has 0 unspecified atom stereocenters. The molecule has 3 rings (SSSR count). The molecule has 2 aromatic rings. The van der Waals surface area contributed by atoms with E-state index in [4.69, 9.17) is 17.3 Å². The lowest BCUT2D eigenvalue weighted by molar-refractivity contribution is 0.429. The van der Waals surface area contributed by atoms with Crippen molar-refractivity contribution in [1.82, 2.24) is 14.6 Å². The maximum absolute atomic E-state index is 5.95. The van der Waals surface area contributed by atoms with Gasteiger partial charge in [0.1, 0.15) is 0 Å². The van der Waals surface area contributed by atoms with E-state index in [1.54, 1.807) is 16.8 Å². The van der Waals surface area contributed by atoms with Crippen molar-refractivity contribution in [2.45, 2.75) is 38.0 Å². The summed E-state index contributed by atoms with van der Waals surface area (Å²) in [5.74, 6) is 1.40. The molecule has 0 atom stereocenters. The van der Waals surface area contributed by atoms with Gasteiger partial charge in [0, 0.05) is 12.1 Å². The third kappa shape index (κ3) is 1.97. The average Bonchev–Trinajstić information content (AvgIpc) is 2.74. The van der Waals surface area contributed by atoms with Crippen LogP contribution in [-0.2, 0) is 0 Å². The first-order valence-corrected chi connectivity index (χ1v) is 6.43. The first-order valence-electron chi connectivity index (χ1n) is 6.05. The fourth-order valence-corrected chi connectivity index (χ4v) is 2.74. The number of rotatable bonds is 1. The van der Waals surface area contributed by atoms with Gasteiger partial charge in [0.05, 0.1) is 10.7 Å². The monoisotopic (exact) mass is 250 g/mol. The highest BCUT2D eigenvalue weighted by Gasteiger charge is 2.20. The minimum absolute atomic E-state index is 0.488. The SMILES string of the molecule is Nc1cc(Cl)cn2nc(C3CCCCC3)nc12. The summed E-state index contributed by atoms with van der Waals surface area (Å²) in [6.07, 6.45) is 8.01. The molecule has 0 saturated heterocycles. The number of halogens is 1. The molecule has 2 N–H and O–H groups in total. The Morgan fingerprint density at radius 3 is 2.82 bits per heavy atom. The fraction of sp³-hybridized carbons (Fsp3) is 0.500. The third-order valence-electron chi connectivity index (χ3n) is 3.42. The predicted octanol–water partition coefficient (Wildman–Crippen LogP) is 3.01. The number of hydrogen-bond donors (Lipinski definition) is 1. The lowest BCUT2D eigenvalue weighted by atomic mass is 9.89. The standard InChI is InChI=1S/C12H15ClN4/c13-9-6-10(14)12-15-11(16-17(12)7-9)8-4-2-1-3-5-8/h6-8H,1-5,14H2. The molecule has 4 nitrogen and oxygen atoms in total. The summed E-state index contributed by atoms with van der Waals surface area (Å²) < 4.78 is 1.70. The first kappa shape index (κ1) is 10.8. The third-order valence-corrected chi connectivity index (χ3v) is 3.62. The molecule has 1 aliphatic rings. The lowest BCUT2D eigenvalue weighted by Gasteiger charge is -2.17. The number of hydrogen-bond acceptors (Lipinski definition) is 3. The number of nitrogen functional groups attached to an aromatic ring is 1. The second-order valence-electron chi connectivity index (χ2n) is 4.69. The molecule has 0 aliphatic heterocycles. The van der Waals surface area contributed by atoms with E-state index in [0.717, 1.165) is 11.5 Å². The van der Waals surface area contributed by atoms with Crippen LogP contribution in [0.3, 0.4) is 0 Å². The number of pyridine rings is 1. The van der Waals surface area contributed by atoms with Gasteiger partial charge in [0.2, 0.25) is 0 Å². The highest BCUT2D eigenvalue weighted by atomic mass is 35.5. The van der Waals surface area contributed by atoms with Crippen LogP contribution in [-0.4, -0.2) is 14.6 Å². The van der Waals surface area contributed by atoms with E-state index in [2.05, 4.69) is 10.1 Å². The first-order chi connectivity index (χ1) is 8.24. The van der Waals surface area contributed by atoms with E-state index in [-0.39, 0.29) is 0 Å². The summed E-state index contributed by atoms with van der Waals surface area (Å²) in [7, 11) is 0. The van der Waals surface area contributed by atoms with Gasteiger partial charge in [-0.25, -0.2) is 9.50 Å². The Hall–Kier alpha value is -1.29. The molecule has 17 heavy (non-hydrogen) atoms. The Labute approximate surface area is 105 Å². The molecule has 1 saturated carbocycles. The van der Waals surface area contributed by atoms with Crippen molar-refractivity contribution >= 4 is 22.9 Å². The summed E-state index contributed by atoms with van der Waals surface area (Å²) >= 11 is 5.95. The summed E-state index contributed by atoms with van der Waals surface area (Å²) in [6.45, 7) is 0. The van der Waals surface area contributed by atoms with E-state index in [9.17, 15) is 0 Å². The van der Waals surface area contributed by atoms with Gasteiger partial charge in [-0.3, -0.25) is 0 Å². The number of nitrogens with zero attached hydrogens (tertiary/aromatic N) is 3. The van der Waals surface area contributed by atoms with Crippen LogP contribution in [0.15, 0.2) is 12.3 Å². The van der Waals surface area contributed by atoms with Crippen molar-refractivity contribution < 1.29 is 0 Å². The van der Waals surface area contributed by atoms with Gasteiger partial charge < -0.3 is 5.73 Å². The van der Waals surface area contributed by atoms with Gasteiger partial charge >= 0.3 is 0 Å². The molecular formula is C12H15ClN4. The molecule has 2 heterocycles. The van der Waals surface area contributed by atoms with Crippen molar-refractivity contribution in [3.63, 3.8) is 0 Å². The maximum atomic E-state index is 5.95. The van der Waals surface area contributed by atoms with Crippen molar-refractivity contribution in [3.8, 4) is 0 Å². The Bertz CT molecular complexity index is 543. The zero-order chi connectivity index (χ0) is 11.8. The van der Waals surface area contributed by atoms with Crippen molar-refractivity contribution in [3.05, 3.63) is 23.1 Å². The molecule has 1 fully saturated rings. The second kappa shape index (κ2) is 4.18. The van der Waals surface area contributed by atoms with Crippen molar-refractivity contribution in [2.24, 2.45) is 0 Å². The molecule has 0 amide bonds. The smallest absolute Gasteiger partial charge is 0.178 e. The van der Waals surface area contributed by atoms with Crippen LogP contribution >= 0.6 is 11.6 Å². The van der Waals surface area contributed by atoms with E-state index in [0.29, 0.717) is 16.6 Å². The Morgan fingerprint density at radius 2 is 2.06 bits per heavy atom. The van der Waals surface area contributed by atoms with Crippen LogP contribution < -0.4 is 5.73 Å². The van der Waals surface area contributed by atoms with Gasteiger partial charge in [0.25, 0.3) is 0 Å². The summed E-state index contributed by atoms with van der Waals surface area (Å²) in [4.78, 5) is 4.55. The van der Waals surface area contributed by atoms with Crippen LogP contribution in [0, 0.1) is 0 Å². The molecular weight excluding hydrogens is 236 g/mol. The minimum Gasteiger partial charge on any atom is -0.396 e. The molecule has 5 heteroatoms. The summed E-state index contributed by atoms with van der Waals surface area (Å²) in [6, 6.07) is 1.72. The number of fused-ring (bicyclic) bond motifs is 1. The zero-order valence-electron chi connectivity index (χ0n) is 9.56. The molecule has 1 aliphatic carbocycles. The second-order valence-corrected chi connectivity index (χ2v) is 5.12. The predicted molar refractivity (Wildman–Crippen MR) is 68.2 cm³/mol. The topological polar surface area (TPSA) is 56.2 Å². The normalized spacial score (nSPS) is 17.7. The molecule has 2 aromatic heterocycles. The van der Waals surface area contributed by atoms with Crippen molar-refractivity contribution in [2.75, 3.05) is 5.73 Å². The zero-order valence-corrected chi connectivity index (χ0v) is 10.3. The number of anilines is 1. The highest BCUT2D eigenvalue weighted by Crippen LogP contribution is 2.31. The van der Waals surface area contributed by atoms with E-state index >= 15 is 0 Å². The van der Waals surface area contributed by atoms with Gasteiger partial charge in [-0.05, 0) is 18.9 Å². The van der Waals surface area contributed by atoms with Gasteiger partial charge in [-0.1, -0.05) is 30.9 Å². The van der Waals surface area contributed by atoms with Gasteiger partial charge in [-0.15, -0.1) is 0 Å². The van der Waals surface area contributed by atoms with E-state index in [1.807, 2.05) is 0 Å². The quantitative estimate of drug-likeness (QED) is 0.847. The van der Waals surface area contributed by atoms with Gasteiger partial charge in [0.15, 0.2) is 11.5 Å². The van der Waals surface area contributed by atoms with Crippen molar-refractivity contribution in [1.29, 1.82) is 0 Å². The molecule has 0 spiro atoms. The molecule has 0 radical (unpaired) electrons. The fourth-order valence-electron chi connectivity index (χ4n) is 2.53. The Balaban J connectivity index is 2.03. The largest absolute Gasteiger partial charge is 0.396 e. The van der Waals surface area contributed by atoms with Crippen LogP contribution in [0.25, 0.3) is 5.65 Å². The molecule has 0 bridgehead atoms. The van der Waals surface area contributed by atoms with Crippen LogP contribution in [0.1, 0.15) is 43.8 Å².